The van der Waals surface area contributed by atoms with E-state index >= 15 is 0 Å². The van der Waals surface area contributed by atoms with Gasteiger partial charge in [0.25, 0.3) is 5.91 Å². The topological polar surface area (TPSA) is 84.9 Å². The predicted octanol–water partition coefficient (Wildman–Crippen LogP) is 2.89. The Hall–Kier alpha value is -3.02. The number of nitrogens with one attached hydrogen (secondary N) is 1. The minimum Gasteiger partial charge on any atom is -0.507 e. The first-order valence-corrected chi connectivity index (χ1v) is 7.37. The second-order valence-corrected chi connectivity index (χ2v) is 5.26. The second-order valence-electron chi connectivity index (χ2n) is 5.26. The van der Waals surface area contributed by atoms with Gasteiger partial charge in [-0.15, -0.1) is 0 Å². The normalized spacial score (nSPS) is 11.5. The maximum atomic E-state index is 12.2. The molecule has 2 aromatic carbocycles. The van der Waals surface area contributed by atoms with Gasteiger partial charge in [-0.25, -0.2) is 4.79 Å². The molecule has 24 heavy (non-hydrogen) atoms. The lowest BCUT2D eigenvalue weighted by atomic mass is 10.2. The fraction of sp³-hybridized carbons (Fsp3) is 0.222. The summed E-state index contributed by atoms with van der Waals surface area (Å²) in [6, 6.07) is 11.3. The third-order valence-corrected chi connectivity index (χ3v) is 3.39. The van der Waals surface area contributed by atoms with E-state index in [9.17, 15) is 14.7 Å². The van der Waals surface area contributed by atoms with Crippen molar-refractivity contribution in [3.63, 3.8) is 0 Å². The number of anilines is 1. The Balaban J connectivity index is 2.06. The molecule has 2 N–H and O–H groups in total. The molecule has 1 atom stereocenters. The van der Waals surface area contributed by atoms with E-state index < -0.39 is 18.0 Å². The van der Waals surface area contributed by atoms with Crippen LogP contribution < -0.4 is 10.1 Å². The number of rotatable bonds is 5. The predicted molar refractivity (Wildman–Crippen MR) is 89.3 cm³/mol. The van der Waals surface area contributed by atoms with E-state index in [2.05, 4.69) is 5.32 Å². The van der Waals surface area contributed by atoms with Gasteiger partial charge < -0.3 is 19.9 Å². The zero-order chi connectivity index (χ0) is 17.7. The molecule has 126 valence electrons. The van der Waals surface area contributed by atoms with Gasteiger partial charge in [-0.2, -0.15) is 0 Å². The Bertz CT molecular complexity index is 757. The molecule has 0 aliphatic rings. The average molecular weight is 329 g/mol. The number of hydrogen-bond acceptors (Lipinski definition) is 5. The van der Waals surface area contributed by atoms with Crippen molar-refractivity contribution in [1.82, 2.24) is 0 Å². The number of aromatic hydroxyl groups is 1. The number of phenolic OH excluding ortho intramolecular Hbond substituents is 1. The smallest absolute Gasteiger partial charge is 0.342 e. The highest BCUT2D eigenvalue weighted by Crippen LogP contribution is 2.25. The Labute approximate surface area is 140 Å². The Morgan fingerprint density at radius 1 is 1.17 bits per heavy atom. The Morgan fingerprint density at radius 3 is 2.54 bits per heavy atom. The highest BCUT2D eigenvalue weighted by Gasteiger charge is 2.21. The quantitative estimate of drug-likeness (QED) is 0.824. The Kier molecular flexibility index (Phi) is 5.42. The molecule has 0 aliphatic carbocycles. The molecule has 0 radical (unpaired) electrons. The van der Waals surface area contributed by atoms with Crippen LogP contribution in [-0.4, -0.2) is 30.2 Å². The number of phenols is 1. The third-order valence-electron chi connectivity index (χ3n) is 3.39. The molecule has 6 nitrogen and oxygen atoms in total. The first-order valence-electron chi connectivity index (χ1n) is 7.37. The molecule has 1 amide bonds. The van der Waals surface area contributed by atoms with E-state index in [0.717, 1.165) is 5.56 Å². The minimum atomic E-state index is -1.04. The number of benzene rings is 2. The number of para-hydroxylation sites is 1. The molecule has 2 aromatic rings. The standard InChI is InChI=1S/C18H19NO5/c1-11-8-9-16(23-3)14(10-11)19-17(21)12(2)24-18(22)13-6-4-5-7-15(13)20/h4-10,12,20H,1-3H3,(H,19,21)/t12-/m0/s1. The van der Waals surface area contributed by atoms with Crippen LogP contribution in [0.5, 0.6) is 11.5 Å². The van der Waals surface area contributed by atoms with Gasteiger partial charge in [-0.1, -0.05) is 18.2 Å². The van der Waals surface area contributed by atoms with Crippen molar-refractivity contribution >= 4 is 17.6 Å². The summed E-state index contributed by atoms with van der Waals surface area (Å²) in [6.45, 7) is 3.34. The van der Waals surface area contributed by atoms with Crippen molar-refractivity contribution in [2.24, 2.45) is 0 Å². The second kappa shape index (κ2) is 7.50. The molecule has 0 aliphatic heterocycles. The maximum absolute atomic E-state index is 12.2. The summed E-state index contributed by atoms with van der Waals surface area (Å²) in [7, 11) is 1.50. The van der Waals surface area contributed by atoms with Gasteiger partial charge in [0.2, 0.25) is 0 Å². The molecule has 0 fully saturated rings. The Morgan fingerprint density at radius 2 is 1.88 bits per heavy atom. The van der Waals surface area contributed by atoms with Gasteiger partial charge in [0.05, 0.1) is 12.8 Å². The lowest BCUT2D eigenvalue weighted by molar-refractivity contribution is -0.123. The highest BCUT2D eigenvalue weighted by atomic mass is 16.5. The van der Waals surface area contributed by atoms with Crippen LogP contribution in [-0.2, 0) is 9.53 Å². The number of aryl methyl sites for hydroxylation is 1. The van der Waals surface area contributed by atoms with Crippen LogP contribution in [0.3, 0.4) is 0 Å². The molecule has 0 unspecified atom stereocenters. The molecule has 2 rings (SSSR count). The number of carbonyl (C=O) groups excluding carboxylic acids is 2. The lowest BCUT2D eigenvalue weighted by Gasteiger charge is -2.16. The van der Waals surface area contributed by atoms with Crippen LogP contribution in [0.25, 0.3) is 0 Å². The van der Waals surface area contributed by atoms with Crippen LogP contribution in [0.2, 0.25) is 0 Å². The number of ether oxygens (including phenoxy) is 2. The fourth-order valence-electron chi connectivity index (χ4n) is 2.08. The van der Waals surface area contributed by atoms with Crippen molar-refractivity contribution < 1.29 is 24.2 Å². The zero-order valence-electron chi connectivity index (χ0n) is 13.7. The van der Waals surface area contributed by atoms with E-state index in [0.29, 0.717) is 11.4 Å². The third kappa shape index (κ3) is 4.04. The maximum Gasteiger partial charge on any atom is 0.342 e. The molecular formula is C18H19NO5. The molecule has 0 spiro atoms. The van der Waals surface area contributed by atoms with E-state index in [-0.39, 0.29) is 11.3 Å². The molecular weight excluding hydrogens is 310 g/mol. The average Bonchev–Trinajstić information content (AvgIpc) is 2.55. The molecule has 6 heteroatoms. The molecule has 0 heterocycles. The molecule has 0 aromatic heterocycles. The first-order chi connectivity index (χ1) is 11.4. The SMILES string of the molecule is COc1ccc(C)cc1NC(=O)[C@H](C)OC(=O)c1ccccc1O. The van der Waals surface area contributed by atoms with Gasteiger partial charge >= 0.3 is 5.97 Å². The van der Waals surface area contributed by atoms with Crippen LogP contribution in [0.4, 0.5) is 5.69 Å². The number of methoxy groups -OCH3 is 1. The van der Waals surface area contributed by atoms with Crippen LogP contribution in [0.1, 0.15) is 22.8 Å². The summed E-state index contributed by atoms with van der Waals surface area (Å²) in [5.74, 6) is -0.960. The van der Waals surface area contributed by atoms with Gasteiger partial charge in [0.15, 0.2) is 6.10 Å². The summed E-state index contributed by atoms with van der Waals surface area (Å²) in [4.78, 5) is 24.3. The van der Waals surface area contributed by atoms with Crippen molar-refractivity contribution in [3.8, 4) is 11.5 Å². The number of hydrogen-bond donors (Lipinski definition) is 2. The van der Waals surface area contributed by atoms with Gasteiger partial charge in [0, 0.05) is 0 Å². The zero-order valence-corrected chi connectivity index (χ0v) is 13.7. The summed E-state index contributed by atoms with van der Waals surface area (Å²) >= 11 is 0. The largest absolute Gasteiger partial charge is 0.507 e. The first kappa shape index (κ1) is 17.3. The van der Waals surface area contributed by atoms with E-state index in [4.69, 9.17) is 9.47 Å². The molecule has 0 saturated heterocycles. The van der Waals surface area contributed by atoms with Gasteiger partial charge in [-0.05, 0) is 43.7 Å². The highest BCUT2D eigenvalue weighted by molar-refractivity contribution is 5.99. The molecule has 0 bridgehead atoms. The van der Waals surface area contributed by atoms with E-state index in [1.807, 2.05) is 13.0 Å². The summed E-state index contributed by atoms with van der Waals surface area (Å²) < 4.78 is 10.3. The van der Waals surface area contributed by atoms with Crippen LogP contribution in [0, 0.1) is 6.92 Å². The summed E-state index contributed by atoms with van der Waals surface area (Å²) in [6.07, 6.45) is -1.04. The monoisotopic (exact) mass is 329 g/mol. The van der Waals surface area contributed by atoms with E-state index in [1.165, 1.54) is 26.2 Å². The van der Waals surface area contributed by atoms with Gasteiger partial charge in [0.1, 0.15) is 17.1 Å². The van der Waals surface area contributed by atoms with E-state index in [1.54, 1.807) is 24.3 Å². The van der Waals surface area contributed by atoms with Crippen LogP contribution >= 0.6 is 0 Å². The van der Waals surface area contributed by atoms with Crippen LogP contribution in [0.15, 0.2) is 42.5 Å². The minimum absolute atomic E-state index is 0.00489. The van der Waals surface area contributed by atoms with Gasteiger partial charge in [-0.3, -0.25) is 4.79 Å². The lowest BCUT2D eigenvalue weighted by Crippen LogP contribution is -2.30. The number of carbonyl (C=O) groups is 2. The summed E-state index contributed by atoms with van der Waals surface area (Å²) in [5.41, 5.74) is 1.45. The fourth-order valence-corrected chi connectivity index (χ4v) is 2.08. The number of amides is 1. The van der Waals surface area contributed by atoms with Crippen molar-refractivity contribution in [1.29, 1.82) is 0 Å². The summed E-state index contributed by atoms with van der Waals surface area (Å²) in [5, 5.41) is 12.3. The molecule has 0 saturated carbocycles. The van der Waals surface area contributed by atoms with Crippen molar-refractivity contribution in [2.75, 3.05) is 12.4 Å². The van der Waals surface area contributed by atoms with Crippen molar-refractivity contribution in [2.45, 2.75) is 20.0 Å². The van der Waals surface area contributed by atoms with Crippen molar-refractivity contribution in [3.05, 3.63) is 53.6 Å². The number of esters is 1.